The highest BCUT2D eigenvalue weighted by molar-refractivity contribution is 5.28. The van der Waals surface area contributed by atoms with E-state index in [2.05, 4.69) is 9.88 Å². The molecular weight excluding hydrogens is 215 g/mol. The van der Waals surface area contributed by atoms with Crippen LogP contribution in [0.1, 0.15) is 12.8 Å². The van der Waals surface area contributed by atoms with E-state index in [4.69, 9.17) is 5.73 Å². The summed E-state index contributed by atoms with van der Waals surface area (Å²) in [5.41, 5.74) is 4.98. The number of nitrogen functional groups attached to an aromatic ring is 1. The van der Waals surface area contributed by atoms with Crippen molar-refractivity contribution in [3.63, 3.8) is 0 Å². The molecule has 1 aliphatic heterocycles. The first-order valence-corrected chi connectivity index (χ1v) is 4.91. The fourth-order valence-corrected chi connectivity index (χ4v) is 1.74. The third-order valence-electron chi connectivity index (χ3n) is 2.59. The molecule has 4 N–H and O–H groups in total. The SMILES string of the molecule is Nc1c(F)cnc(=O)n1CN1CCCC1.O. The maximum absolute atomic E-state index is 13.1. The van der Waals surface area contributed by atoms with Crippen LogP contribution in [0.5, 0.6) is 0 Å². The lowest BCUT2D eigenvalue weighted by Crippen LogP contribution is -2.33. The number of rotatable bonds is 2. The van der Waals surface area contributed by atoms with Gasteiger partial charge in [0.15, 0.2) is 5.82 Å². The smallest absolute Gasteiger partial charge is 0.350 e. The molecule has 0 radical (unpaired) electrons. The highest BCUT2D eigenvalue weighted by Gasteiger charge is 2.15. The predicted octanol–water partition coefficient (Wildman–Crippen LogP) is -0.807. The first kappa shape index (κ1) is 12.6. The first-order valence-electron chi connectivity index (χ1n) is 4.91. The number of likely N-dealkylation sites (tertiary alicyclic amines) is 1. The van der Waals surface area contributed by atoms with Crippen LogP contribution in [0.2, 0.25) is 0 Å². The van der Waals surface area contributed by atoms with Gasteiger partial charge in [0, 0.05) is 0 Å². The molecule has 1 aliphatic rings. The van der Waals surface area contributed by atoms with E-state index in [1.54, 1.807) is 0 Å². The summed E-state index contributed by atoms with van der Waals surface area (Å²) in [6.07, 6.45) is 3.08. The van der Waals surface area contributed by atoms with Crippen molar-refractivity contribution in [1.29, 1.82) is 0 Å². The first-order chi connectivity index (χ1) is 7.18. The fraction of sp³-hybridized carbons (Fsp3) is 0.556. The second kappa shape index (κ2) is 5.04. The Morgan fingerprint density at radius 3 is 2.69 bits per heavy atom. The van der Waals surface area contributed by atoms with Crippen LogP contribution >= 0.6 is 0 Å². The van der Waals surface area contributed by atoms with Crippen LogP contribution in [0.4, 0.5) is 10.2 Å². The molecule has 1 aromatic rings. The lowest BCUT2D eigenvalue weighted by Gasteiger charge is -2.17. The van der Waals surface area contributed by atoms with Gasteiger partial charge in [0.05, 0.1) is 12.9 Å². The maximum Gasteiger partial charge on any atom is 0.350 e. The number of hydrogen-bond acceptors (Lipinski definition) is 4. The maximum atomic E-state index is 13.1. The molecule has 2 heterocycles. The molecule has 1 aromatic heterocycles. The molecule has 0 aromatic carbocycles. The van der Waals surface area contributed by atoms with E-state index in [1.165, 1.54) is 4.57 Å². The molecule has 0 spiro atoms. The van der Waals surface area contributed by atoms with E-state index >= 15 is 0 Å². The quantitative estimate of drug-likeness (QED) is 0.719. The van der Waals surface area contributed by atoms with Gasteiger partial charge in [0.1, 0.15) is 5.82 Å². The van der Waals surface area contributed by atoms with E-state index < -0.39 is 11.5 Å². The Morgan fingerprint density at radius 2 is 2.06 bits per heavy atom. The van der Waals surface area contributed by atoms with Gasteiger partial charge >= 0.3 is 5.69 Å². The minimum atomic E-state index is -0.645. The third kappa shape index (κ3) is 2.37. The van der Waals surface area contributed by atoms with Crippen LogP contribution in [0.15, 0.2) is 11.0 Å². The molecule has 0 bridgehead atoms. The van der Waals surface area contributed by atoms with Crippen molar-refractivity contribution in [2.75, 3.05) is 18.8 Å². The standard InChI is InChI=1S/C9H13FN4O.H2O/c10-7-5-12-9(15)14(8(7)11)6-13-3-1-2-4-13;/h5H,1-4,6,11H2;1H2. The molecule has 1 saturated heterocycles. The lowest BCUT2D eigenvalue weighted by atomic mass is 10.4. The van der Waals surface area contributed by atoms with E-state index in [0.29, 0.717) is 6.67 Å². The number of nitrogens with two attached hydrogens (primary N) is 1. The summed E-state index contributed by atoms with van der Waals surface area (Å²) in [6, 6.07) is 0. The zero-order valence-corrected chi connectivity index (χ0v) is 8.82. The largest absolute Gasteiger partial charge is 0.412 e. The third-order valence-corrected chi connectivity index (χ3v) is 2.59. The molecule has 0 amide bonds. The van der Waals surface area contributed by atoms with Crippen LogP contribution < -0.4 is 11.4 Å². The second-order valence-electron chi connectivity index (χ2n) is 3.67. The summed E-state index contributed by atoms with van der Waals surface area (Å²) in [6.45, 7) is 2.17. The Kier molecular flexibility index (Phi) is 3.97. The van der Waals surface area contributed by atoms with Crippen molar-refractivity contribution in [1.82, 2.24) is 14.5 Å². The van der Waals surface area contributed by atoms with E-state index in [1.807, 2.05) is 0 Å². The highest BCUT2D eigenvalue weighted by atomic mass is 19.1. The van der Waals surface area contributed by atoms with Crippen LogP contribution in [-0.2, 0) is 6.67 Å². The number of nitrogens with zero attached hydrogens (tertiary/aromatic N) is 3. The molecule has 16 heavy (non-hydrogen) atoms. The number of halogens is 1. The monoisotopic (exact) mass is 230 g/mol. The predicted molar refractivity (Wildman–Crippen MR) is 57.3 cm³/mol. The minimum Gasteiger partial charge on any atom is -0.412 e. The molecule has 0 saturated carbocycles. The fourth-order valence-electron chi connectivity index (χ4n) is 1.74. The van der Waals surface area contributed by atoms with Crippen LogP contribution in [0.3, 0.4) is 0 Å². The Morgan fingerprint density at radius 1 is 1.44 bits per heavy atom. The molecule has 0 unspecified atom stereocenters. The van der Waals surface area contributed by atoms with Gasteiger partial charge < -0.3 is 11.2 Å². The normalized spacial score (nSPS) is 16.1. The van der Waals surface area contributed by atoms with Crippen molar-refractivity contribution < 1.29 is 9.87 Å². The zero-order chi connectivity index (χ0) is 10.8. The number of aromatic nitrogens is 2. The molecule has 7 heteroatoms. The summed E-state index contributed by atoms with van der Waals surface area (Å²) in [5.74, 6) is -0.782. The summed E-state index contributed by atoms with van der Waals surface area (Å²) in [5, 5.41) is 0. The molecule has 0 aliphatic carbocycles. The average molecular weight is 230 g/mol. The van der Waals surface area contributed by atoms with Gasteiger partial charge in [-0.1, -0.05) is 0 Å². The Balaban J connectivity index is 0.00000128. The summed E-state index contributed by atoms with van der Waals surface area (Å²) in [4.78, 5) is 16.8. The molecule has 6 nitrogen and oxygen atoms in total. The topological polar surface area (TPSA) is 95.6 Å². The van der Waals surface area contributed by atoms with Gasteiger partial charge in [0.2, 0.25) is 0 Å². The van der Waals surface area contributed by atoms with Crippen molar-refractivity contribution in [3.05, 3.63) is 22.5 Å². The van der Waals surface area contributed by atoms with Crippen LogP contribution in [0, 0.1) is 5.82 Å². The van der Waals surface area contributed by atoms with Crippen molar-refractivity contribution in [2.45, 2.75) is 19.5 Å². The van der Waals surface area contributed by atoms with Gasteiger partial charge in [-0.05, 0) is 25.9 Å². The Labute approximate surface area is 91.8 Å². The van der Waals surface area contributed by atoms with Crippen molar-refractivity contribution >= 4 is 5.82 Å². The summed E-state index contributed by atoms with van der Waals surface area (Å²) in [7, 11) is 0. The average Bonchev–Trinajstić information content (AvgIpc) is 2.71. The van der Waals surface area contributed by atoms with E-state index in [0.717, 1.165) is 32.1 Å². The van der Waals surface area contributed by atoms with Crippen molar-refractivity contribution in [2.24, 2.45) is 0 Å². The molecule has 90 valence electrons. The van der Waals surface area contributed by atoms with E-state index in [-0.39, 0.29) is 11.3 Å². The zero-order valence-electron chi connectivity index (χ0n) is 8.82. The van der Waals surface area contributed by atoms with E-state index in [9.17, 15) is 9.18 Å². The van der Waals surface area contributed by atoms with Crippen LogP contribution in [0.25, 0.3) is 0 Å². The van der Waals surface area contributed by atoms with Gasteiger partial charge in [-0.2, -0.15) is 4.98 Å². The molecule has 0 atom stereocenters. The number of anilines is 1. The summed E-state index contributed by atoms with van der Waals surface area (Å²) >= 11 is 0. The van der Waals surface area contributed by atoms with Gasteiger partial charge in [-0.15, -0.1) is 0 Å². The Hall–Kier alpha value is -1.47. The molecule has 2 rings (SSSR count). The molecular formula is C9H15FN4O2. The minimum absolute atomic E-state index is 0. The van der Waals surface area contributed by atoms with Crippen LogP contribution in [-0.4, -0.2) is 33.0 Å². The Bertz CT molecular complexity index is 414. The van der Waals surface area contributed by atoms with Gasteiger partial charge in [-0.25, -0.2) is 9.18 Å². The second-order valence-corrected chi connectivity index (χ2v) is 3.67. The summed E-state index contributed by atoms with van der Waals surface area (Å²) < 4.78 is 14.2. The number of hydrogen-bond donors (Lipinski definition) is 1. The van der Waals surface area contributed by atoms with Gasteiger partial charge in [-0.3, -0.25) is 9.47 Å². The van der Waals surface area contributed by atoms with Crippen molar-refractivity contribution in [3.8, 4) is 0 Å². The highest BCUT2D eigenvalue weighted by Crippen LogP contribution is 2.10. The van der Waals surface area contributed by atoms with Gasteiger partial charge in [0.25, 0.3) is 0 Å². The lowest BCUT2D eigenvalue weighted by molar-refractivity contribution is 0.264. The molecule has 1 fully saturated rings.